The molecule has 1 aliphatic heterocycles. The molecule has 0 spiro atoms. The molecule has 1 heterocycles. The van der Waals surface area contributed by atoms with E-state index >= 15 is 0 Å². The average Bonchev–Trinajstić information content (AvgIpc) is 2.70. The fourth-order valence-corrected chi connectivity index (χ4v) is 6.12. The summed E-state index contributed by atoms with van der Waals surface area (Å²) >= 11 is 0. The Balaban J connectivity index is 2.21. The van der Waals surface area contributed by atoms with Gasteiger partial charge in [0.15, 0.2) is 4.91 Å². The zero-order valence-corrected chi connectivity index (χ0v) is 18.3. The second-order valence-electron chi connectivity index (χ2n) is 7.98. The van der Waals surface area contributed by atoms with E-state index in [0.29, 0.717) is 26.2 Å². The average molecular weight is 419 g/mol. The lowest BCUT2D eigenvalue weighted by molar-refractivity contribution is 0.0945. The van der Waals surface area contributed by atoms with Crippen LogP contribution in [0.4, 0.5) is 0 Å². The van der Waals surface area contributed by atoms with Gasteiger partial charge < -0.3 is 4.90 Å². The molecule has 1 aromatic rings. The number of benzene rings is 1. The monoisotopic (exact) mass is 418 g/mol. The number of Topliss-reactive ketones (excluding diaryl/α,β-unsaturated/α-hetero) is 2. The number of ketones is 2. The van der Waals surface area contributed by atoms with Crippen LogP contribution >= 0.6 is 0 Å². The molecule has 1 aromatic carbocycles. The predicted octanol–water partition coefficient (Wildman–Crippen LogP) is 3.46. The van der Waals surface area contributed by atoms with Gasteiger partial charge in [-0.1, -0.05) is 45.0 Å². The Morgan fingerprint density at radius 1 is 1.03 bits per heavy atom. The molecule has 0 aromatic heterocycles. The van der Waals surface area contributed by atoms with Gasteiger partial charge in [0.05, 0.1) is 0 Å². The van der Waals surface area contributed by atoms with Crippen molar-refractivity contribution in [3.05, 3.63) is 46.0 Å². The molecule has 1 saturated heterocycles. The number of sulfonamides is 1. The smallest absolute Gasteiger partial charge is 0.249 e. The normalized spacial score (nSPS) is 20.7. The largest absolute Gasteiger partial charge is 0.367 e. The second kappa shape index (κ2) is 8.79. The van der Waals surface area contributed by atoms with E-state index in [0.717, 1.165) is 25.7 Å². The Labute approximate surface area is 173 Å². The summed E-state index contributed by atoms with van der Waals surface area (Å²) in [5.41, 5.74) is 0.518. The number of nitrogens with zero attached hydrogens (tertiary/aromatic N) is 2. The fraction of sp³-hybridized carbons (Fsp3) is 0.545. The number of allylic oxidation sites excluding steroid dienone is 2. The van der Waals surface area contributed by atoms with Crippen molar-refractivity contribution < 1.29 is 18.0 Å². The van der Waals surface area contributed by atoms with Crippen LogP contribution in [0, 0.1) is 5.92 Å². The number of hydrogen-bond donors (Lipinski definition) is 0. The van der Waals surface area contributed by atoms with Crippen molar-refractivity contribution in [3.8, 4) is 0 Å². The lowest BCUT2D eigenvalue weighted by atomic mass is 9.91. The maximum Gasteiger partial charge on any atom is 0.249 e. The molecule has 7 heteroatoms. The number of carbonyl (C=O) groups is 2. The van der Waals surface area contributed by atoms with Gasteiger partial charge in [0, 0.05) is 37.3 Å². The molecule has 0 N–H and O–H groups in total. The van der Waals surface area contributed by atoms with E-state index in [-0.39, 0.29) is 33.4 Å². The highest BCUT2D eigenvalue weighted by atomic mass is 32.2. The van der Waals surface area contributed by atoms with Crippen LogP contribution in [0.15, 0.2) is 34.9 Å². The predicted molar refractivity (Wildman–Crippen MR) is 113 cm³/mol. The van der Waals surface area contributed by atoms with Crippen LogP contribution in [0.2, 0.25) is 0 Å². The number of carbonyl (C=O) groups excluding carboxylic acids is 2. The van der Waals surface area contributed by atoms with Crippen LogP contribution in [0.5, 0.6) is 0 Å². The van der Waals surface area contributed by atoms with Crippen molar-refractivity contribution >= 4 is 21.6 Å². The van der Waals surface area contributed by atoms with E-state index < -0.39 is 15.8 Å². The molecule has 2 aliphatic rings. The summed E-state index contributed by atoms with van der Waals surface area (Å²) in [4.78, 5) is 28.3. The van der Waals surface area contributed by atoms with E-state index in [4.69, 9.17) is 0 Å². The number of fused-ring (bicyclic) bond motifs is 1. The van der Waals surface area contributed by atoms with Crippen LogP contribution in [0.25, 0.3) is 0 Å². The van der Waals surface area contributed by atoms with Crippen molar-refractivity contribution in [3.63, 3.8) is 0 Å². The van der Waals surface area contributed by atoms with E-state index in [1.54, 1.807) is 29.2 Å². The highest BCUT2D eigenvalue weighted by Gasteiger charge is 2.44. The molecule has 6 nitrogen and oxygen atoms in total. The van der Waals surface area contributed by atoms with Crippen molar-refractivity contribution in [1.29, 1.82) is 0 Å². The molecule has 29 heavy (non-hydrogen) atoms. The van der Waals surface area contributed by atoms with Gasteiger partial charge in [0.25, 0.3) is 0 Å². The molecular weight excluding hydrogens is 388 g/mol. The fourth-order valence-electron chi connectivity index (χ4n) is 4.24. The third-order valence-electron chi connectivity index (χ3n) is 5.57. The molecule has 1 unspecified atom stereocenters. The quantitative estimate of drug-likeness (QED) is 0.678. The van der Waals surface area contributed by atoms with Gasteiger partial charge in [-0.25, -0.2) is 8.42 Å². The van der Waals surface area contributed by atoms with E-state index in [2.05, 4.69) is 0 Å². The van der Waals surface area contributed by atoms with Crippen LogP contribution < -0.4 is 0 Å². The van der Waals surface area contributed by atoms with Crippen LogP contribution in [0.3, 0.4) is 0 Å². The summed E-state index contributed by atoms with van der Waals surface area (Å²) in [7, 11) is -4.07. The van der Waals surface area contributed by atoms with E-state index in [9.17, 15) is 18.0 Å². The minimum absolute atomic E-state index is 0.0515. The number of hydrogen-bond acceptors (Lipinski definition) is 5. The Hall–Kier alpha value is -1.99. The topological polar surface area (TPSA) is 74.8 Å². The molecule has 0 amide bonds. The number of piperidine rings is 1. The van der Waals surface area contributed by atoms with Gasteiger partial charge in [-0.15, -0.1) is 0 Å². The zero-order valence-electron chi connectivity index (χ0n) is 17.5. The third kappa shape index (κ3) is 4.03. The van der Waals surface area contributed by atoms with Gasteiger partial charge in [-0.05, 0) is 31.6 Å². The maximum atomic E-state index is 13.6. The van der Waals surface area contributed by atoms with Gasteiger partial charge >= 0.3 is 0 Å². The Kier molecular flexibility index (Phi) is 6.58. The lowest BCUT2D eigenvalue weighted by Crippen LogP contribution is -2.44. The lowest BCUT2D eigenvalue weighted by Gasteiger charge is -2.35. The first-order valence-corrected chi connectivity index (χ1v) is 11.9. The first-order chi connectivity index (χ1) is 13.8. The summed E-state index contributed by atoms with van der Waals surface area (Å²) in [5, 5.41) is 0. The summed E-state index contributed by atoms with van der Waals surface area (Å²) in [6, 6.07) is 6.53. The Bertz CT molecular complexity index is 930. The maximum absolute atomic E-state index is 13.6. The first-order valence-electron chi connectivity index (χ1n) is 10.5. The SMILES string of the molecule is CCCN(CCC)C1=C(S(=O)(=O)N2CCCC(C)C2)C(=O)c2ccccc2C1=O. The minimum atomic E-state index is -4.07. The van der Waals surface area contributed by atoms with Crippen LogP contribution in [0.1, 0.15) is 67.2 Å². The first kappa shape index (κ1) is 21.7. The Morgan fingerprint density at radius 2 is 1.62 bits per heavy atom. The minimum Gasteiger partial charge on any atom is -0.367 e. The molecule has 3 rings (SSSR count). The van der Waals surface area contributed by atoms with E-state index in [1.165, 1.54) is 4.31 Å². The molecule has 0 bridgehead atoms. The molecule has 1 fully saturated rings. The van der Waals surface area contributed by atoms with Gasteiger partial charge in [0.2, 0.25) is 21.6 Å². The standard InChI is InChI=1S/C22H30N2O4S/c1-4-12-23(13-5-2)19-20(25)17-10-6-7-11-18(17)21(26)22(19)29(27,28)24-14-8-9-16(3)15-24/h6-7,10-11,16H,4-5,8-9,12-15H2,1-3H3. The summed E-state index contributed by atoms with van der Waals surface area (Å²) < 4.78 is 28.7. The van der Waals surface area contributed by atoms with Crippen LogP contribution in [-0.2, 0) is 10.0 Å². The summed E-state index contributed by atoms with van der Waals surface area (Å²) in [5.74, 6) is -0.706. The molecule has 1 aliphatic carbocycles. The van der Waals surface area contributed by atoms with Gasteiger partial charge in [-0.3, -0.25) is 9.59 Å². The zero-order chi connectivity index (χ0) is 21.2. The molecule has 1 atom stereocenters. The molecule has 0 saturated carbocycles. The van der Waals surface area contributed by atoms with E-state index in [1.807, 2.05) is 20.8 Å². The summed E-state index contributed by atoms with van der Waals surface area (Å²) in [6.45, 7) is 7.79. The van der Waals surface area contributed by atoms with Crippen LogP contribution in [-0.4, -0.2) is 55.4 Å². The second-order valence-corrected chi connectivity index (χ2v) is 9.85. The van der Waals surface area contributed by atoms with Gasteiger partial charge in [-0.2, -0.15) is 4.31 Å². The number of rotatable bonds is 7. The highest BCUT2D eigenvalue weighted by molar-refractivity contribution is 7.94. The van der Waals surface area contributed by atoms with Gasteiger partial charge in [0.1, 0.15) is 5.70 Å². The van der Waals surface area contributed by atoms with Crippen molar-refractivity contribution in [2.75, 3.05) is 26.2 Å². The van der Waals surface area contributed by atoms with Crippen molar-refractivity contribution in [1.82, 2.24) is 9.21 Å². The molecule has 0 radical (unpaired) electrons. The molecule has 158 valence electrons. The Morgan fingerprint density at radius 3 is 2.17 bits per heavy atom. The summed E-state index contributed by atoms with van der Waals surface area (Å²) in [6.07, 6.45) is 3.22. The van der Waals surface area contributed by atoms with Crippen molar-refractivity contribution in [2.24, 2.45) is 5.92 Å². The molecular formula is C22H30N2O4S. The third-order valence-corrected chi connectivity index (χ3v) is 7.48. The van der Waals surface area contributed by atoms with Crippen molar-refractivity contribution in [2.45, 2.75) is 46.5 Å². The highest BCUT2D eigenvalue weighted by Crippen LogP contribution is 2.34.